The molecule has 7 heteroatoms. The molecule has 1 aromatic rings. The van der Waals surface area contributed by atoms with Crippen LogP contribution in [0.15, 0.2) is 18.2 Å². The Kier molecular flexibility index (Phi) is 4.79. The molecular weight excluding hydrogens is 264 g/mol. The number of nitrogens with zero attached hydrogens (tertiary/aromatic N) is 1. The molecule has 1 rings (SSSR count). The van der Waals surface area contributed by atoms with Gasteiger partial charge in [-0.05, 0) is 24.5 Å². The van der Waals surface area contributed by atoms with Gasteiger partial charge in [0, 0.05) is 17.7 Å². The van der Waals surface area contributed by atoms with Crippen molar-refractivity contribution < 1.29 is 19.6 Å². The van der Waals surface area contributed by atoms with Crippen LogP contribution in [0.2, 0.25) is 0 Å². The zero-order valence-electron chi connectivity index (χ0n) is 11.4. The predicted molar refractivity (Wildman–Crippen MR) is 71.6 cm³/mol. The molecule has 2 N–H and O–H groups in total. The van der Waals surface area contributed by atoms with Gasteiger partial charge in [0.2, 0.25) is 0 Å². The average Bonchev–Trinajstić information content (AvgIpc) is 2.33. The summed E-state index contributed by atoms with van der Waals surface area (Å²) in [5, 5.41) is 22.1. The Bertz CT molecular complexity index is 554. The topological polar surface area (TPSA) is 110 Å². The van der Waals surface area contributed by atoms with Gasteiger partial charge in [-0.1, -0.05) is 13.8 Å². The minimum Gasteiger partial charge on any atom is -0.480 e. The highest BCUT2D eigenvalue weighted by molar-refractivity contribution is 5.97. The number of aryl methyl sites for hydroxylation is 1. The molecule has 20 heavy (non-hydrogen) atoms. The molecule has 0 saturated heterocycles. The van der Waals surface area contributed by atoms with Crippen molar-refractivity contribution in [3.8, 4) is 0 Å². The molecule has 0 heterocycles. The molecule has 1 amide bonds. The van der Waals surface area contributed by atoms with Crippen molar-refractivity contribution in [2.24, 2.45) is 5.92 Å². The quantitative estimate of drug-likeness (QED) is 0.630. The van der Waals surface area contributed by atoms with Crippen LogP contribution in [0, 0.1) is 23.0 Å². The number of rotatable bonds is 5. The number of aliphatic carboxylic acids is 1. The zero-order chi connectivity index (χ0) is 15.4. The fraction of sp³-hybridized carbons (Fsp3) is 0.385. The summed E-state index contributed by atoms with van der Waals surface area (Å²) in [6.45, 7) is 4.95. The van der Waals surface area contributed by atoms with Gasteiger partial charge in [0.1, 0.15) is 6.04 Å². The Morgan fingerprint density at radius 1 is 1.30 bits per heavy atom. The van der Waals surface area contributed by atoms with Crippen molar-refractivity contribution in [3.63, 3.8) is 0 Å². The summed E-state index contributed by atoms with van der Waals surface area (Å²) >= 11 is 0. The first-order valence-electron chi connectivity index (χ1n) is 6.02. The van der Waals surface area contributed by atoms with Gasteiger partial charge in [0.15, 0.2) is 0 Å². The molecule has 0 aliphatic heterocycles. The minimum atomic E-state index is -1.14. The lowest BCUT2D eigenvalue weighted by Gasteiger charge is -2.17. The first kappa shape index (κ1) is 15.6. The van der Waals surface area contributed by atoms with Crippen LogP contribution >= 0.6 is 0 Å². The fourth-order valence-corrected chi connectivity index (χ4v) is 1.74. The van der Waals surface area contributed by atoms with E-state index in [1.54, 1.807) is 20.8 Å². The molecule has 0 bridgehead atoms. The lowest BCUT2D eigenvalue weighted by Crippen LogP contribution is -2.44. The van der Waals surface area contributed by atoms with Crippen LogP contribution in [0.1, 0.15) is 29.8 Å². The summed E-state index contributed by atoms with van der Waals surface area (Å²) in [7, 11) is 0. The van der Waals surface area contributed by atoms with Gasteiger partial charge in [0.05, 0.1) is 4.92 Å². The van der Waals surface area contributed by atoms with E-state index in [0.29, 0.717) is 5.56 Å². The first-order valence-corrected chi connectivity index (χ1v) is 6.02. The van der Waals surface area contributed by atoms with Gasteiger partial charge in [0.25, 0.3) is 11.6 Å². The lowest BCUT2D eigenvalue weighted by molar-refractivity contribution is -0.384. The number of nitro groups is 1. The van der Waals surface area contributed by atoms with Crippen LogP contribution in [0.3, 0.4) is 0 Å². The molecule has 0 saturated carbocycles. The predicted octanol–water partition coefficient (Wildman–Crippen LogP) is 1.74. The Hall–Kier alpha value is -2.44. The average molecular weight is 280 g/mol. The number of hydrogen-bond acceptors (Lipinski definition) is 4. The number of amides is 1. The van der Waals surface area contributed by atoms with Crippen molar-refractivity contribution in [1.29, 1.82) is 0 Å². The second-order valence-electron chi connectivity index (χ2n) is 4.85. The normalized spacial score (nSPS) is 12.0. The van der Waals surface area contributed by atoms with E-state index >= 15 is 0 Å². The van der Waals surface area contributed by atoms with Gasteiger partial charge in [-0.15, -0.1) is 0 Å². The van der Waals surface area contributed by atoms with Gasteiger partial charge in [-0.3, -0.25) is 14.9 Å². The second kappa shape index (κ2) is 6.14. The Balaban J connectivity index is 3.03. The number of carbonyl (C=O) groups is 2. The molecular formula is C13H16N2O5. The Morgan fingerprint density at radius 2 is 1.90 bits per heavy atom. The molecule has 1 atom stereocenters. The van der Waals surface area contributed by atoms with Crippen molar-refractivity contribution in [2.45, 2.75) is 26.8 Å². The number of carboxylic acids is 1. The Morgan fingerprint density at radius 3 is 2.35 bits per heavy atom. The summed E-state index contributed by atoms with van der Waals surface area (Å²) in [6, 6.07) is 2.90. The smallest absolute Gasteiger partial charge is 0.326 e. The van der Waals surface area contributed by atoms with Crippen LogP contribution in [0.5, 0.6) is 0 Å². The molecule has 108 valence electrons. The standard InChI is InChI=1S/C13H16N2O5/c1-7(2)11(13(17)18)14-12(16)9-4-8(3)5-10(6-9)15(19)20/h4-7,11H,1-3H3,(H,14,16)(H,17,18)/t11-/m0/s1. The molecule has 7 nitrogen and oxygen atoms in total. The summed E-state index contributed by atoms with van der Waals surface area (Å²) in [5.74, 6) is -2.08. The third-order valence-corrected chi connectivity index (χ3v) is 2.75. The number of hydrogen-bond donors (Lipinski definition) is 2. The molecule has 1 aromatic carbocycles. The molecule has 0 unspecified atom stereocenters. The zero-order valence-corrected chi connectivity index (χ0v) is 11.4. The molecule has 0 aliphatic carbocycles. The monoisotopic (exact) mass is 280 g/mol. The first-order chi connectivity index (χ1) is 9.22. The van der Waals surface area contributed by atoms with Crippen LogP contribution in [0.4, 0.5) is 5.69 Å². The van der Waals surface area contributed by atoms with E-state index in [1.165, 1.54) is 12.1 Å². The maximum absolute atomic E-state index is 12.0. The number of nitro benzene ring substituents is 1. The largest absolute Gasteiger partial charge is 0.480 e. The maximum atomic E-state index is 12.0. The number of nitrogens with one attached hydrogen (secondary N) is 1. The van der Waals surface area contributed by atoms with Crippen molar-refractivity contribution >= 4 is 17.6 Å². The lowest BCUT2D eigenvalue weighted by atomic mass is 10.0. The molecule has 0 spiro atoms. The summed E-state index contributed by atoms with van der Waals surface area (Å²) < 4.78 is 0. The molecule has 0 aliphatic rings. The van der Waals surface area contributed by atoms with E-state index in [9.17, 15) is 19.7 Å². The summed E-state index contributed by atoms with van der Waals surface area (Å²) in [6.07, 6.45) is 0. The number of benzene rings is 1. The van der Waals surface area contributed by atoms with Gasteiger partial charge >= 0.3 is 5.97 Å². The Labute approximate surface area is 115 Å². The molecule has 0 fully saturated rings. The number of carbonyl (C=O) groups excluding carboxylic acids is 1. The highest BCUT2D eigenvalue weighted by Gasteiger charge is 2.24. The van der Waals surface area contributed by atoms with E-state index in [-0.39, 0.29) is 17.2 Å². The fourth-order valence-electron chi connectivity index (χ4n) is 1.74. The number of non-ortho nitro benzene ring substituents is 1. The molecule has 0 radical (unpaired) electrons. The van der Waals surface area contributed by atoms with E-state index in [2.05, 4.69) is 5.32 Å². The highest BCUT2D eigenvalue weighted by Crippen LogP contribution is 2.17. The third kappa shape index (κ3) is 3.78. The van der Waals surface area contributed by atoms with Crippen molar-refractivity contribution in [2.75, 3.05) is 0 Å². The molecule has 0 aromatic heterocycles. The van der Waals surface area contributed by atoms with Crippen LogP contribution < -0.4 is 5.32 Å². The van der Waals surface area contributed by atoms with Crippen molar-refractivity contribution in [1.82, 2.24) is 5.32 Å². The third-order valence-electron chi connectivity index (χ3n) is 2.75. The van der Waals surface area contributed by atoms with Crippen LogP contribution in [0.25, 0.3) is 0 Å². The van der Waals surface area contributed by atoms with E-state index in [0.717, 1.165) is 6.07 Å². The second-order valence-corrected chi connectivity index (χ2v) is 4.85. The summed E-state index contributed by atoms with van der Waals surface area (Å²) in [4.78, 5) is 33.2. The van der Waals surface area contributed by atoms with E-state index in [4.69, 9.17) is 5.11 Å². The van der Waals surface area contributed by atoms with Gasteiger partial charge in [-0.25, -0.2) is 4.79 Å². The van der Waals surface area contributed by atoms with Crippen molar-refractivity contribution in [3.05, 3.63) is 39.4 Å². The highest BCUT2D eigenvalue weighted by atomic mass is 16.6. The SMILES string of the molecule is Cc1cc(C(=O)N[C@H](C(=O)O)C(C)C)cc([N+](=O)[O-])c1. The van der Waals surface area contributed by atoms with Crippen LogP contribution in [-0.4, -0.2) is 27.9 Å². The summed E-state index contributed by atoms with van der Waals surface area (Å²) in [5.41, 5.74) is 0.427. The minimum absolute atomic E-state index is 0.0728. The van der Waals surface area contributed by atoms with E-state index < -0.39 is 22.8 Å². The van der Waals surface area contributed by atoms with Gasteiger partial charge < -0.3 is 10.4 Å². The van der Waals surface area contributed by atoms with Crippen LogP contribution in [-0.2, 0) is 4.79 Å². The van der Waals surface area contributed by atoms with Gasteiger partial charge in [-0.2, -0.15) is 0 Å². The van der Waals surface area contributed by atoms with E-state index in [1.807, 2.05) is 0 Å². The maximum Gasteiger partial charge on any atom is 0.326 e. The number of carboxylic acid groups (broad SMARTS) is 1.